The molecule has 3 amide bonds. The number of phenols is 1. The Labute approximate surface area is 186 Å². The highest BCUT2D eigenvalue weighted by Crippen LogP contribution is 2.26. The van der Waals surface area contributed by atoms with Gasteiger partial charge in [-0.05, 0) is 51.0 Å². The van der Waals surface area contributed by atoms with Crippen molar-refractivity contribution in [3.63, 3.8) is 0 Å². The first-order valence-corrected chi connectivity index (χ1v) is 9.81. The third-order valence-electron chi connectivity index (χ3n) is 4.33. The van der Waals surface area contributed by atoms with Crippen molar-refractivity contribution in [2.75, 3.05) is 27.3 Å². The number of hydrogen-bond donors (Lipinski definition) is 4. The molecule has 0 saturated heterocycles. The van der Waals surface area contributed by atoms with Crippen molar-refractivity contribution in [3.8, 4) is 5.75 Å². The van der Waals surface area contributed by atoms with Crippen molar-refractivity contribution in [3.05, 3.63) is 29.3 Å². The van der Waals surface area contributed by atoms with E-state index in [0.29, 0.717) is 11.1 Å². The van der Waals surface area contributed by atoms with E-state index < -0.39 is 54.7 Å². The van der Waals surface area contributed by atoms with Gasteiger partial charge in [-0.25, -0.2) is 4.79 Å². The van der Waals surface area contributed by atoms with Gasteiger partial charge in [-0.2, -0.15) is 0 Å². The van der Waals surface area contributed by atoms with E-state index in [1.54, 1.807) is 27.7 Å². The molecule has 1 aromatic carbocycles. The van der Waals surface area contributed by atoms with Crippen LogP contribution in [0.1, 0.15) is 37.9 Å². The van der Waals surface area contributed by atoms with E-state index in [2.05, 4.69) is 15.4 Å². The molecule has 0 aliphatic heterocycles. The summed E-state index contributed by atoms with van der Waals surface area (Å²) in [4.78, 5) is 50.4. The van der Waals surface area contributed by atoms with E-state index in [9.17, 15) is 29.4 Å². The summed E-state index contributed by atoms with van der Waals surface area (Å²) in [6, 6.07) is 1.71. The smallest absolute Gasteiger partial charge is 0.408 e. The predicted octanol–water partition coefficient (Wildman–Crippen LogP) is 0.375. The highest BCUT2D eigenvalue weighted by Gasteiger charge is 2.34. The Hall–Kier alpha value is -3.34. The molecule has 0 saturated carbocycles. The summed E-state index contributed by atoms with van der Waals surface area (Å²) in [5, 5.41) is 24.1. The number of aliphatic hydroxyl groups is 1. The van der Waals surface area contributed by atoms with Crippen molar-refractivity contribution in [1.82, 2.24) is 15.5 Å². The van der Waals surface area contributed by atoms with Crippen LogP contribution in [-0.4, -0.2) is 77.9 Å². The molecular formula is C21H31N3O8. The molecule has 0 fully saturated rings. The SMILES string of the molecule is COC(=O)CNC(=O)C(c1ccc(O)c(C)c1)N(C)C(=O)C(CO)NC(=O)OC(C)(C)C. The molecule has 2 atom stereocenters. The van der Waals surface area contributed by atoms with Gasteiger partial charge in [0.05, 0.1) is 13.7 Å². The molecule has 0 radical (unpaired) electrons. The molecule has 0 aliphatic rings. The Morgan fingerprint density at radius 3 is 2.31 bits per heavy atom. The van der Waals surface area contributed by atoms with Crippen LogP contribution >= 0.6 is 0 Å². The number of benzene rings is 1. The highest BCUT2D eigenvalue weighted by atomic mass is 16.6. The Morgan fingerprint density at radius 2 is 1.81 bits per heavy atom. The second-order valence-corrected chi connectivity index (χ2v) is 8.07. The van der Waals surface area contributed by atoms with Crippen LogP contribution in [0.5, 0.6) is 5.75 Å². The minimum absolute atomic E-state index is 0.00345. The van der Waals surface area contributed by atoms with E-state index in [4.69, 9.17) is 4.74 Å². The van der Waals surface area contributed by atoms with E-state index >= 15 is 0 Å². The zero-order chi connectivity index (χ0) is 24.6. The number of amides is 3. The average Bonchev–Trinajstić information content (AvgIpc) is 2.70. The number of nitrogens with one attached hydrogen (secondary N) is 2. The molecule has 178 valence electrons. The lowest BCUT2D eigenvalue weighted by Crippen LogP contribution is -2.53. The highest BCUT2D eigenvalue weighted by molar-refractivity contribution is 5.93. The van der Waals surface area contributed by atoms with Gasteiger partial charge in [0, 0.05) is 7.05 Å². The van der Waals surface area contributed by atoms with Gasteiger partial charge in [0.25, 0.3) is 0 Å². The van der Waals surface area contributed by atoms with Crippen LogP contribution in [0.4, 0.5) is 4.79 Å². The van der Waals surface area contributed by atoms with E-state index in [1.807, 2.05) is 0 Å². The van der Waals surface area contributed by atoms with Gasteiger partial charge in [0.1, 0.15) is 30.0 Å². The molecule has 11 heteroatoms. The van der Waals surface area contributed by atoms with Crippen LogP contribution < -0.4 is 10.6 Å². The minimum Gasteiger partial charge on any atom is -0.508 e. The fraction of sp³-hybridized carbons (Fsp3) is 0.524. The number of phenolic OH excluding ortho intramolecular Hbond substituents is 1. The van der Waals surface area contributed by atoms with Gasteiger partial charge in [-0.15, -0.1) is 0 Å². The maximum absolute atomic E-state index is 13.0. The van der Waals surface area contributed by atoms with E-state index in [0.717, 1.165) is 4.90 Å². The monoisotopic (exact) mass is 453 g/mol. The number of aliphatic hydroxyl groups excluding tert-OH is 1. The standard InChI is InChI=1S/C21H31N3O8/c1-12-9-13(7-8-15(12)26)17(18(28)22-10-16(27)31-6)24(5)19(29)14(11-25)23-20(30)32-21(2,3)4/h7-9,14,17,25-26H,10-11H2,1-6H3,(H,22,28)(H,23,30). The summed E-state index contributed by atoms with van der Waals surface area (Å²) in [7, 11) is 2.48. The molecule has 1 aromatic rings. The largest absolute Gasteiger partial charge is 0.508 e. The molecule has 0 heterocycles. The third-order valence-corrected chi connectivity index (χ3v) is 4.33. The van der Waals surface area contributed by atoms with Gasteiger partial charge in [-0.1, -0.05) is 6.07 Å². The number of likely N-dealkylation sites (N-methyl/N-ethyl adjacent to an activating group) is 1. The number of carbonyl (C=O) groups is 4. The van der Waals surface area contributed by atoms with Gasteiger partial charge < -0.3 is 35.2 Å². The van der Waals surface area contributed by atoms with Crippen molar-refractivity contribution >= 4 is 23.9 Å². The number of methoxy groups -OCH3 is 1. The number of alkyl carbamates (subject to hydrolysis) is 1. The summed E-state index contributed by atoms with van der Waals surface area (Å²) in [6.45, 7) is 5.37. The summed E-state index contributed by atoms with van der Waals surface area (Å²) < 4.78 is 9.61. The Balaban J connectivity index is 3.18. The normalized spacial score (nSPS) is 12.8. The summed E-state index contributed by atoms with van der Waals surface area (Å²) in [5.41, 5.74) is -0.0222. The fourth-order valence-corrected chi connectivity index (χ4v) is 2.74. The van der Waals surface area contributed by atoms with Crippen LogP contribution in [0, 0.1) is 6.92 Å². The number of hydrogen-bond acceptors (Lipinski definition) is 8. The average molecular weight is 453 g/mol. The summed E-state index contributed by atoms with van der Waals surface area (Å²) >= 11 is 0. The lowest BCUT2D eigenvalue weighted by molar-refractivity contribution is -0.144. The number of carbonyl (C=O) groups excluding carboxylic acids is 4. The van der Waals surface area contributed by atoms with Crippen LogP contribution in [0.15, 0.2) is 18.2 Å². The number of aryl methyl sites for hydroxylation is 1. The molecule has 32 heavy (non-hydrogen) atoms. The first kappa shape index (κ1) is 26.7. The van der Waals surface area contributed by atoms with Crippen molar-refractivity contribution in [1.29, 1.82) is 0 Å². The van der Waals surface area contributed by atoms with Crippen LogP contribution in [0.25, 0.3) is 0 Å². The van der Waals surface area contributed by atoms with Crippen LogP contribution in [0.2, 0.25) is 0 Å². The molecule has 4 N–H and O–H groups in total. The van der Waals surface area contributed by atoms with E-state index in [-0.39, 0.29) is 5.75 Å². The lowest BCUT2D eigenvalue weighted by Gasteiger charge is -2.31. The second kappa shape index (κ2) is 11.3. The molecule has 0 bridgehead atoms. The van der Waals surface area contributed by atoms with E-state index in [1.165, 1.54) is 32.4 Å². The maximum atomic E-state index is 13.0. The lowest BCUT2D eigenvalue weighted by atomic mass is 10.0. The number of ether oxygens (including phenoxy) is 2. The van der Waals surface area contributed by atoms with Gasteiger partial charge >= 0.3 is 12.1 Å². The fourth-order valence-electron chi connectivity index (χ4n) is 2.74. The summed E-state index contributed by atoms with van der Waals surface area (Å²) in [6.07, 6.45) is -0.912. The maximum Gasteiger partial charge on any atom is 0.408 e. The number of esters is 1. The van der Waals surface area contributed by atoms with Crippen molar-refractivity contribution < 1.29 is 38.9 Å². The number of rotatable bonds is 8. The molecular weight excluding hydrogens is 422 g/mol. The Kier molecular flexibility index (Phi) is 9.45. The zero-order valence-electron chi connectivity index (χ0n) is 19.1. The number of nitrogens with zero attached hydrogens (tertiary/aromatic N) is 1. The number of aromatic hydroxyl groups is 1. The van der Waals surface area contributed by atoms with Gasteiger partial charge in [0.2, 0.25) is 11.8 Å². The third kappa shape index (κ3) is 7.73. The first-order chi connectivity index (χ1) is 14.8. The molecule has 0 spiro atoms. The first-order valence-electron chi connectivity index (χ1n) is 9.81. The van der Waals surface area contributed by atoms with Gasteiger partial charge in [-0.3, -0.25) is 14.4 Å². The quantitative estimate of drug-likeness (QED) is 0.412. The second-order valence-electron chi connectivity index (χ2n) is 8.07. The van der Waals surface area contributed by atoms with Crippen LogP contribution in [-0.2, 0) is 23.9 Å². The van der Waals surface area contributed by atoms with Gasteiger partial charge in [0.15, 0.2) is 0 Å². The summed E-state index contributed by atoms with van der Waals surface area (Å²) in [5.74, 6) is -2.17. The topological polar surface area (TPSA) is 154 Å². The van der Waals surface area contributed by atoms with Crippen molar-refractivity contribution in [2.24, 2.45) is 0 Å². The Bertz CT molecular complexity index is 850. The zero-order valence-corrected chi connectivity index (χ0v) is 19.1. The van der Waals surface area contributed by atoms with Crippen LogP contribution in [0.3, 0.4) is 0 Å². The molecule has 0 aromatic heterocycles. The molecule has 0 aliphatic carbocycles. The molecule has 2 unspecified atom stereocenters. The Morgan fingerprint density at radius 1 is 1.19 bits per heavy atom. The predicted molar refractivity (Wildman–Crippen MR) is 114 cm³/mol. The molecule has 11 nitrogen and oxygen atoms in total. The van der Waals surface area contributed by atoms with Crippen molar-refractivity contribution in [2.45, 2.75) is 45.4 Å². The molecule has 1 rings (SSSR count). The minimum atomic E-state index is -1.39.